The molecule has 3 rings (SSSR count). The van der Waals surface area contributed by atoms with E-state index < -0.39 is 0 Å². The van der Waals surface area contributed by atoms with Crippen LogP contribution in [-0.2, 0) is 16.0 Å². The number of rotatable bonds is 6. The molecule has 116 valence electrons. The van der Waals surface area contributed by atoms with Gasteiger partial charge in [-0.15, -0.1) is 0 Å². The van der Waals surface area contributed by atoms with Crippen molar-refractivity contribution in [3.8, 4) is 0 Å². The van der Waals surface area contributed by atoms with Gasteiger partial charge in [0, 0.05) is 16.8 Å². The fourth-order valence-electron chi connectivity index (χ4n) is 2.73. The molecule has 0 saturated heterocycles. The van der Waals surface area contributed by atoms with E-state index in [-0.39, 0.29) is 5.97 Å². The first kappa shape index (κ1) is 15.2. The molecule has 0 saturated carbocycles. The highest BCUT2D eigenvalue weighted by atomic mass is 16.5. The minimum absolute atomic E-state index is 0.356. The number of aryl methyl sites for hydroxylation is 1. The molecule has 2 aromatic carbocycles. The van der Waals surface area contributed by atoms with E-state index in [4.69, 9.17) is 9.72 Å². The van der Waals surface area contributed by atoms with Crippen LogP contribution in [0.2, 0.25) is 0 Å². The molecule has 0 amide bonds. The van der Waals surface area contributed by atoms with E-state index in [1.54, 1.807) is 0 Å². The lowest BCUT2D eigenvalue weighted by atomic mass is 10.0. The second-order valence-electron chi connectivity index (χ2n) is 5.49. The van der Waals surface area contributed by atoms with Gasteiger partial charge < -0.3 is 4.74 Å². The van der Waals surface area contributed by atoms with Crippen LogP contribution in [-0.4, -0.2) is 17.6 Å². The molecule has 0 bridgehead atoms. The third-order valence-electron chi connectivity index (χ3n) is 3.90. The number of unbranched alkanes of at least 4 members (excludes halogenated alkanes) is 1. The number of fused-ring (bicyclic) bond motifs is 2. The van der Waals surface area contributed by atoms with Gasteiger partial charge >= 0.3 is 5.97 Å². The highest BCUT2D eigenvalue weighted by Gasteiger charge is 2.04. The lowest BCUT2D eigenvalue weighted by Gasteiger charge is -2.08. The van der Waals surface area contributed by atoms with Crippen molar-refractivity contribution in [2.75, 3.05) is 6.61 Å². The molecule has 0 aliphatic carbocycles. The minimum atomic E-state index is -0.356. The van der Waals surface area contributed by atoms with Crippen LogP contribution in [0.25, 0.3) is 21.8 Å². The van der Waals surface area contributed by atoms with Crippen LogP contribution < -0.4 is 0 Å². The third kappa shape index (κ3) is 3.57. The zero-order chi connectivity index (χ0) is 16.1. The van der Waals surface area contributed by atoms with Crippen LogP contribution in [0.1, 0.15) is 18.4 Å². The van der Waals surface area contributed by atoms with E-state index >= 15 is 0 Å². The molecule has 23 heavy (non-hydrogen) atoms. The average Bonchev–Trinajstić information content (AvgIpc) is 2.59. The van der Waals surface area contributed by atoms with Crippen LogP contribution in [0.3, 0.4) is 0 Å². The highest BCUT2D eigenvalue weighted by molar-refractivity contribution is 5.94. The molecule has 0 atom stereocenters. The maximum atomic E-state index is 11.0. The van der Waals surface area contributed by atoms with Crippen molar-refractivity contribution in [3.05, 3.63) is 66.7 Å². The molecule has 0 radical (unpaired) electrons. The maximum Gasteiger partial charge on any atom is 0.330 e. The molecule has 0 unspecified atom stereocenters. The van der Waals surface area contributed by atoms with Crippen LogP contribution in [0, 0.1) is 0 Å². The Kier molecular flexibility index (Phi) is 4.67. The number of nitrogens with zero attached hydrogens (tertiary/aromatic N) is 1. The lowest BCUT2D eigenvalue weighted by Crippen LogP contribution is -2.02. The Morgan fingerprint density at radius 2 is 1.91 bits per heavy atom. The first-order valence-corrected chi connectivity index (χ1v) is 7.84. The maximum absolute atomic E-state index is 11.0. The van der Waals surface area contributed by atoms with Gasteiger partial charge in [-0.1, -0.05) is 36.9 Å². The van der Waals surface area contributed by atoms with Crippen molar-refractivity contribution < 1.29 is 9.53 Å². The van der Waals surface area contributed by atoms with Crippen LogP contribution >= 0.6 is 0 Å². The summed E-state index contributed by atoms with van der Waals surface area (Å²) in [7, 11) is 0. The predicted molar refractivity (Wildman–Crippen MR) is 93.3 cm³/mol. The van der Waals surface area contributed by atoms with Gasteiger partial charge in [-0.25, -0.2) is 9.78 Å². The van der Waals surface area contributed by atoms with Crippen LogP contribution in [0.4, 0.5) is 0 Å². The van der Waals surface area contributed by atoms with E-state index in [0.717, 1.165) is 35.7 Å². The van der Waals surface area contributed by atoms with Gasteiger partial charge in [-0.2, -0.15) is 0 Å². The Labute approximate surface area is 135 Å². The minimum Gasteiger partial charge on any atom is -0.463 e. The van der Waals surface area contributed by atoms with E-state index in [0.29, 0.717) is 6.61 Å². The summed E-state index contributed by atoms with van der Waals surface area (Å²) in [6.45, 7) is 3.83. The number of ether oxygens (including phenoxy) is 1. The summed E-state index contributed by atoms with van der Waals surface area (Å²) in [5.41, 5.74) is 3.34. The molecular formula is C20H19NO2. The fraction of sp³-hybridized carbons (Fsp3) is 0.200. The van der Waals surface area contributed by atoms with Crippen molar-refractivity contribution in [1.29, 1.82) is 0 Å². The number of aromatic nitrogens is 1. The SMILES string of the molecule is C=CC(=O)OCCCCc1cccc2nc3ccccc3cc12. The number of hydrogen-bond donors (Lipinski definition) is 0. The van der Waals surface area contributed by atoms with Gasteiger partial charge in [-0.3, -0.25) is 0 Å². The standard InChI is InChI=1S/C20H19NO2/c1-2-20(22)23-13-6-5-8-15-10-7-12-19-17(15)14-16-9-3-4-11-18(16)21-19/h2-4,7,9-12,14H,1,5-6,8,13H2. The van der Waals surface area contributed by atoms with Crippen LogP contribution in [0.15, 0.2) is 61.2 Å². The summed E-state index contributed by atoms with van der Waals surface area (Å²) >= 11 is 0. The second-order valence-corrected chi connectivity index (χ2v) is 5.49. The molecule has 0 spiro atoms. The Hall–Kier alpha value is -2.68. The molecule has 0 aliphatic heterocycles. The molecule has 3 heteroatoms. The van der Waals surface area contributed by atoms with Crippen LogP contribution in [0.5, 0.6) is 0 Å². The quantitative estimate of drug-likeness (QED) is 0.292. The third-order valence-corrected chi connectivity index (χ3v) is 3.90. The summed E-state index contributed by atoms with van der Waals surface area (Å²) < 4.78 is 5.00. The highest BCUT2D eigenvalue weighted by Crippen LogP contribution is 2.23. The first-order chi connectivity index (χ1) is 11.3. The number of hydrogen-bond acceptors (Lipinski definition) is 3. The van der Waals surface area contributed by atoms with Crippen molar-refractivity contribution in [2.24, 2.45) is 0 Å². The number of carbonyl (C=O) groups is 1. The summed E-state index contributed by atoms with van der Waals surface area (Å²) in [6, 6.07) is 16.6. The van der Waals surface area contributed by atoms with E-state index in [2.05, 4.69) is 36.9 Å². The number of esters is 1. The Balaban J connectivity index is 1.74. The molecule has 1 heterocycles. The van der Waals surface area contributed by atoms with Gasteiger partial charge in [0.25, 0.3) is 0 Å². The van der Waals surface area contributed by atoms with Crippen molar-refractivity contribution in [2.45, 2.75) is 19.3 Å². The predicted octanol–water partition coefficient (Wildman–Crippen LogP) is 4.44. The molecule has 0 aliphatic rings. The molecule has 1 aromatic heterocycles. The lowest BCUT2D eigenvalue weighted by molar-refractivity contribution is -0.137. The molecule has 0 N–H and O–H groups in total. The molecule has 3 nitrogen and oxygen atoms in total. The van der Waals surface area contributed by atoms with E-state index in [1.165, 1.54) is 17.0 Å². The number of para-hydroxylation sites is 1. The van der Waals surface area contributed by atoms with Gasteiger partial charge in [0.1, 0.15) is 0 Å². The number of benzene rings is 2. The van der Waals surface area contributed by atoms with Gasteiger partial charge in [0.05, 0.1) is 17.6 Å². The second kappa shape index (κ2) is 7.05. The Morgan fingerprint density at radius 1 is 1.09 bits per heavy atom. The van der Waals surface area contributed by atoms with Crippen molar-refractivity contribution in [3.63, 3.8) is 0 Å². The summed E-state index contributed by atoms with van der Waals surface area (Å²) in [6.07, 6.45) is 3.96. The molecule has 3 aromatic rings. The van der Waals surface area contributed by atoms with E-state index in [9.17, 15) is 4.79 Å². The summed E-state index contributed by atoms with van der Waals surface area (Å²) in [5.74, 6) is -0.356. The largest absolute Gasteiger partial charge is 0.463 e. The topological polar surface area (TPSA) is 39.2 Å². The zero-order valence-corrected chi connectivity index (χ0v) is 13.0. The van der Waals surface area contributed by atoms with Gasteiger partial charge in [0.15, 0.2) is 0 Å². The van der Waals surface area contributed by atoms with Gasteiger partial charge in [0.2, 0.25) is 0 Å². The smallest absolute Gasteiger partial charge is 0.330 e. The van der Waals surface area contributed by atoms with Crippen molar-refractivity contribution >= 4 is 27.8 Å². The fourth-order valence-corrected chi connectivity index (χ4v) is 2.73. The summed E-state index contributed by atoms with van der Waals surface area (Å²) in [4.78, 5) is 15.7. The van der Waals surface area contributed by atoms with Gasteiger partial charge in [-0.05, 0) is 43.0 Å². The normalized spacial score (nSPS) is 10.8. The van der Waals surface area contributed by atoms with Crippen molar-refractivity contribution in [1.82, 2.24) is 4.98 Å². The Bertz CT molecular complexity index is 855. The monoisotopic (exact) mass is 305 g/mol. The zero-order valence-electron chi connectivity index (χ0n) is 13.0. The molecule has 0 fully saturated rings. The number of carbonyl (C=O) groups excluding carboxylic acids is 1. The Morgan fingerprint density at radius 3 is 2.78 bits per heavy atom. The first-order valence-electron chi connectivity index (χ1n) is 7.84. The molecular weight excluding hydrogens is 286 g/mol. The average molecular weight is 305 g/mol. The van der Waals surface area contributed by atoms with E-state index in [1.807, 2.05) is 18.2 Å². The number of pyridine rings is 1. The summed E-state index contributed by atoms with van der Waals surface area (Å²) in [5, 5.41) is 2.36.